The maximum absolute atomic E-state index is 4.43. The molecule has 66 valence electrons. The standard InChI is InChI=1S/C8H12N2S2/c1-6-5-11-8(10-6)12-7-2-3-9-4-7/h5,7,9H,2-4H2,1H3/t7-/m0/s1. The number of aryl methyl sites for hydroxylation is 1. The number of thioether (sulfide) groups is 1. The van der Waals surface area contributed by atoms with Crippen LogP contribution in [0.4, 0.5) is 0 Å². The first-order valence-corrected chi connectivity index (χ1v) is 5.90. The maximum atomic E-state index is 4.43. The van der Waals surface area contributed by atoms with Gasteiger partial charge in [0.25, 0.3) is 0 Å². The maximum Gasteiger partial charge on any atom is 0.150 e. The zero-order valence-electron chi connectivity index (χ0n) is 7.04. The summed E-state index contributed by atoms with van der Waals surface area (Å²) in [6.07, 6.45) is 1.28. The molecular formula is C8H12N2S2. The molecule has 2 heterocycles. The van der Waals surface area contributed by atoms with Gasteiger partial charge in [-0.1, -0.05) is 11.8 Å². The van der Waals surface area contributed by atoms with E-state index in [-0.39, 0.29) is 0 Å². The van der Waals surface area contributed by atoms with Crippen molar-refractivity contribution in [2.24, 2.45) is 0 Å². The van der Waals surface area contributed by atoms with Gasteiger partial charge in [0, 0.05) is 22.9 Å². The van der Waals surface area contributed by atoms with E-state index in [1.54, 1.807) is 11.3 Å². The zero-order chi connectivity index (χ0) is 8.39. The highest BCUT2D eigenvalue weighted by Crippen LogP contribution is 2.29. The Labute approximate surface area is 80.8 Å². The SMILES string of the molecule is Cc1csc(S[C@H]2CCNC2)n1. The largest absolute Gasteiger partial charge is 0.316 e. The molecule has 1 N–H and O–H groups in total. The first kappa shape index (κ1) is 8.53. The van der Waals surface area contributed by atoms with Gasteiger partial charge in [0.1, 0.15) is 4.34 Å². The number of nitrogens with one attached hydrogen (secondary N) is 1. The van der Waals surface area contributed by atoms with Crippen molar-refractivity contribution in [2.45, 2.75) is 22.9 Å². The summed E-state index contributed by atoms with van der Waals surface area (Å²) in [5, 5.41) is 6.22. The lowest BCUT2D eigenvalue weighted by molar-refractivity contribution is 0.858. The molecule has 0 saturated carbocycles. The fourth-order valence-corrected chi connectivity index (χ4v) is 3.47. The minimum atomic E-state index is 0.746. The van der Waals surface area contributed by atoms with E-state index in [0.29, 0.717) is 0 Å². The van der Waals surface area contributed by atoms with Crippen LogP contribution in [0.25, 0.3) is 0 Å². The fourth-order valence-electron chi connectivity index (χ4n) is 1.26. The van der Waals surface area contributed by atoms with Gasteiger partial charge in [-0.05, 0) is 19.9 Å². The van der Waals surface area contributed by atoms with Crippen LogP contribution in [0.1, 0.15) is 12.1 Å². The molecule has 4 heteroatoms. The van der Waals surface area contributed by atoms with Crippen LogP contribution in [-0.2, 0) is 0 Å². The van der Waals surface area contributed by atoms with E-state index in [0.717, 1.165) is 17.5 Å². The van der Waals surface area contributed by atoms with Gasteiger partial charge in [0.2, 0.25) is 0 Å². The van der Waals surface area contributed by atoms with Gasteiger partial charge in [0.05, 0.1) is 0 Å². The molecule has 2 rings (SSSR count). The number of rotatable bonds is 2. The number of hydrogen-bond acceptors (Lipinski definition) is 4. The summed E-state index contributed by atoms with van der Waals surface area (Å²) < 4.78 is 1.22. The quantitative estimate of drug-likeness (QED) is 0.789. The summed E-state index contributed by atoms with van der Waals surface area (Å²) in [7, 11) is 0. The Bertz CT molecular complexity index is 253. The second-order valence-electron chi connectivity index (χ2n) is 2.99. The Morgan fingerprint density at radius 2 is 2.67 bits per heavy atom. The first-order chi connectivity index (χ1) is 5.84. The zero-order valence-corrected chi connectivity index (χ0v) is 8.67. The normalized spacial score (nSPS) is 23.2. The topological polar surface area (TPSA) is 24.9 Å². The summed E-state index contributed by atoms with van der Waals surface area (Å²) in [5.41, 5.74) is 1.15. The number of nitrogens with zero attached hydrogens (tertiary/aromatic N) is 1. The molecule has 1 atom stereocenters. The van der Waals surface area contributed by atoms with E-state index in [1.807, 2.05) is 18.7 Å². The van der Waals surface area contributed by atoms with Crippen molar-refractivity contribution < 1.29 is 0 Å². The highest BCUT2D eigenvalue weighted by Gasteiger charge is 2.16. The van der Waals surface area contributed by atoms with Crippen LogP contribution < -0.4 is 5.32 Å². The van der Waals surface area contributed by atoms with Crippen LogP contribution in [0.2, 0.25) is 0 Å². The lowest BCUT2D eigenvalue weighted by atomic mass is 10.4. The second-order valence-corrected chi connectivity index (χ2v) is 5.39. The summed E-state index contributed by atoms with van der Waals surface area (Å²) in [6, 6.07) is 0. The van der Waals surface area contributed by atoms with Gasteiger partial charge in [-0.15, -0.1) is 11.3 Å². The van der Waals surface area contributed by atoms with Crippen molar-refractivity contribution in [3.8, 4) is 0 Å². The monoisotopic (exact) mass is 200 g/mol. The van der Waals surface area contributed by atoms with Gasteiger partial charge >= 0.3 is 0 Å². The lowest BCUT2D eigenvalue weighted by Gasteiger charge is -2.02. The van der Waals surface area contributed by atoms with Crippen LogP contribution in [0.3, 0.4) is 0 Å². The highest BCUT2D eigenvalue weighted by molar-refractivity contribution is 8.01. The fraction of sp³-hybridized carbons (Fsp3) is 0.625. The number of hydrogen-bond donors (Lipinski definition) is 1. The lowest BCUT2D eigenvalue weighted by Crippen LogP contribution is -2.09. The summed E-state index contributed by atoms with van der Waals surface area (Å²) in [6.45, 7) is 4.36. The van der Waals surface area contributed by atoms with Crippen molar-refractivity contribution in [3.05, 3.63) is 11.1 Å². The van der Waals surface area contributed by atoms with Crippen molar-refractivity contribution in [1.82, 2.24) is 10.3 Å². The molecule has 1 aliphatic rings. The van der Waals surface area contributed by atoms with E-state index in [1.165, 1.54) is 17.3 Å². The average Bonchev–Trinajstić information content (AvgIpc) is 2.63. The molecule has 0 unspecified atom stereocenters. The molecule has 0 bridgehead atoms. The van der Waals surface area contributed by atoms with E-state index in [4.69, 9.17) is 0 Å². The molecule has 0 amide bonds. The minimum Gasteiger partial charge on any atom is -0.316 e. The molecular weight excluding hydrogens is 188 g/mol. The van der Waals surface area contributed by atoms with Crippen molar-refractivity contribution >= 4 is 23.1 Å². The second kappa shape index (κ2) is 3.77. The molecule has 1 aromatic heterocycles. The highest BCUT2D eigenvalue weighted by atomic mass is 32.2. The summed E-state index contributed by atoms with van der Waals surface area (Å²) >= 11 is 3.68. The molecule has 1 fully saturated rings. The first-order valence-electron chi connectivity index (χ1n) is 4.14. The van der Waals surface area contributed by atoms with Gasteiger partial charge < -0.3 is 5.32 Å². The summed E-state index contributed by atoms with van der Waals surface area (Å²) in [4.78, 5) is 4.43. The Hall–Kier alpha value is -0.0600. The summed E-state index contributed by atoms with van der Waals surface area (Å²) in [5.74, 6) is 0. The van der Waals surface area contributed by atoms with Crippen molar-refractivity contribution in [3.63, 3.8) is 0 Å². The van der Waals surface area contributed by atoms with Crippen molar-refractivity contribution in [1.29, 1.82) is 0 Å². The van der Waals surface area contributed by atoms with Crippen LogP contribution in [0.5, 0.6) is 0 Å². The van der Waals surface area contributed by atoms with E-state index < -0.39 is 0 Å². The Morgan fingerprint density at radius 1 is 1.75 bits per heavy atom. The van der Waals surface area contributed by atoms with Gasteiger partial charge in [-0.25, -0.2) is 4.98 Å². The van der Waals surface area contributed by atoms with E-state index in [9.17, 15) is 0 Å². The third-order valence-electron chi connectivity index (χ3n) is 1.88. The third-order valence-corrected chi connectivity index (χ3v) is 4.24. The van der Waals surface area contributed by atoms with E-state index in [2.05, 4.69) is 15.7 Å². The van der Waals surface area contributed by atoms with Gasteiger partial charge in [-0.3, -0.25) is 0 Å². The van der Waals surface area contributed by atoms with Crippen LogP contribution >= 0.6 is 23.1 Å². The van der Waals surface area contributed by atoms with E-state index >= 15 is 0 Å². The molecule has 12 heavy (non-hydrogen) atoms. The predicted octanol–water partition coefficient (Wildman–Crippen LogP) is 1.91. The van der Waals surface area contributed by atoms with Crippen molar-refractivity contribution in [2.75, 3.05) is 13.1 Å². The molecule has 0 spiro atoms. The van der Waals surface area contributed by atoms with Crippen LogP contribution in [0, 0.1) is 6.92 Å². The third kappa shape index (κ3) is 2.00. The molecule has 2 nitrogen and oxygen atoms in total. The molecule has 0 aromatic carbocycles. The molecule has 0 aliphatic carbocycles. The van der Waals surface area contributed by atoms with Gasteiger partial charge in [0.15, 0.2) is 0 Å². The number of aromatic nitrogens is 1. The van der Waals surface area contributed by atoms with Gasteiger partial charge in [-0.2, -0.15) is 0 Å². The smallest absolute Gasteiger partial charge is 0.150 e. The minimum absolute atomic E-state index is 0.746. The average molecular weight is 200 g/mol. The molecule has 1 saturated heterocycles. The van der Waals surface area contributed by atoms with Crippen LogP contribution in [0.15, 0.2) is 9.72 Å². The molecule has 1 aliphatic heterocycles. The Morgan fingerprint density at radius 3 is 3.25 bits per heavy atom. The number of thiazole rings is 1. The molecule has 1 aromatic rings. The Kier molecular flexibility index (Phi) is 2.68. The Balaban J connectivity index is 1.94. The molecule has 0 radical (unpaired) electrons. The predicted molar refractivity (Wildman–Crippen MR) is 54.0 cm³/mol. The van der Waals surface area contributed by atoms with Crippen LogP contribution in [-0.4, -0.2) is 23.3 Å².